The van der Waals surface area contributed by atoms with Gasteiger partial charge in [-0.2, -0.15) is 0 Å². The molecular formula is C11H19N3S. The molecule has 0 radical (unpaired) electrons. The van der Waals surface area contributed by atoms with E-state index in [2.05, 4.69) is 22.1 Å². The maximum atomic E-state index is 4.36. The molecule has 4 heteroatoms. The van der Waals surface area contributed by atoms with Crippen molar-refractivity contribution in [2.45, 2.75) is 32.4 Å². The van der Waals surface area contributed by atoms with E-state index < -0.39 is 0 Å². The molecule has 1 fully saturated rings. The highest BCUT2D eigenvalue weighted by Gasteiger charge is 2.27. The van der Waals surface area contributed by atoms with Gasteiger partial charge in [0.15, 0.2) is 5.13 Å². The molecule has 1 aromatic heterocycles. The van der Waals surface area contributed by atoms with Gasteiger partial charge in [-0.15, -0.1) is 11.3 Å². The number of thiazole rings is 1. The van der Waals surface area contributed by atoms with Crippen LogP contribution in [0.25, 0.3) is 0 Å². The summed E-state index contributed by atoms with van der Waals surface area (Å²) in [4.78, 5) is 7.74. The van der Waals surface area contributed by atoms with E-state index in [1.165, 1.54) is 17.7 Å². The van der Waals surface area contributed by atoms with Crippen molar-refractivity contribution in [1.82, 2.24) is 10.3 Å². The standard InChI is InChI=1S/C11H19N3S/c1-8(9-4-5-9)12-6-10-7-13-11(15-10)14(2)3/h7-9,12H,4-6H2,1-3H3/t8-/m0/s1. The Morgan fingerprint density at radius 2 is 2.33 bits per heavy atom. The van der Waals surface area contributed by atoms with Crippen molar-refractivity contribution >= 4 is 16.5 Å². The van der Waals surface area contributed by atoms with Crippen LogP contribution < -0.4 is 10.2 Å². The van der Waals surface area contributed by atoms with Crippen molar-refractivity contribution in [3.05, 3.63) is 11.1 Å². The number of anilines is 1. The smallest absolute Gasteiger partial charge is 0.185 e. The Labute approximate surface area is 95.5 Å². The third-order valence-electron chi connectivity index (χ3n) is 2.85. The molecule has 3 nitrogen and oxygen atoms in total. The molecule has 1 saturated carbocycles. The van der Waals surface area contributed by atoms with Crippen LogP contribution in [0.3, 0.4) is 0 Å². The number of aromatic nitrogens is 1. The highest BCUT2D eigenvalue weighted by molar-refractivity contribution is 7.15. The Morgan fingerprint density at radius 1 is 1.60 bits per heavy atom. The summed E-state index contributed by atoms with van der Waals surface area (Å²) >= 11 is 1.77. The molecule has 15 heavy (non-hydrogen) atoms. The van der Waals surface area contributed by atoms with E-state index >= 15 is 0 Å². The van der Waals surface area contributed by atoms with Gasteiger partial charge in [-0.25, -0.2) is 4.98 Å². The molecule has 0 saturated heterocycles. The molecule has 0 aromatic carbocycles. The quantitative estimate of drug-likeness (QED) is 0.832. The SMILES string of the molecule is C[C@H](NCc1cnc(N(C)C)s1)C1CC1. The van der Waals surface area contributed by atoms with Gasteiger partial charge in [0.05, 0.1) is 0 Å². The summed E-state index contributed by atoms with van der Waals surface area (Å²) in [7, 11) is 4.06. The Balaban J connectivity index is 1.82. The minimum absolute atomic E-state index is 0.662. The number of nitrogens with one attached hydrogen (secondary N) is 1. The van der Waals surface area contributed by atoms with Gasteiger partial charge in [0, 0.05) is 37.8 Å². The molecule has 0 bridgehead atoms. The molecule has 1 aromatic rings. The van der Waals surface area contributed by atoms with Crippen LogP contribution in [-0.4, -0.2) is 25.1 Å². The minimum atomic E-state index is 0.662. The predicted molar refractivity (Wildman–Crippen MR) is 65.5 cm³/mol. The van der Waals surface area contributed by atoms with Crippen molar-refractivity contribution in [2.75, 3.05) is 19.0 Å². The first-order chi connectivity index (χ1) is 7.16. The first-order valence-electron chi connectivity index (χ1n) is 5.52. The minimum Gasteiger partial charge on any atom is -0.354 e. The van der Waals surface area contributed by atoms with E-state index in [1.54, 1.807) is 11.3 Å². The molecule has 2 rings (SSSR count). The molecule has 1 aliphatic carbocycles. The van der Waals surface area contributed by atoms with E-state index in [0.717, 1.165) is 17.6 Å². The first-order valence-corrected chi connectivity index (χ1v) is 6.34. The van der Waals surface area contributed by atoms with Crippen LogP contribution in [0, 0.1) is 5.92 Å². The van der Waals surface area contributed by atoms with Crippen molar-refractivity contribution in [1.29, 1.82) is 0 Å². The van der Waals surface area contributed by atoms with Gasteiger partial charge in [0.1, 0.15) is 0 Å². The van der Waals surface area contributed by atoms with Crippen molar-refractivity contribution < 1.29 is 0 Å². The fraction of sp³-hybridized carbons (Fsp3) is 0.727. The zero-order valence-corrected chi connectivity index (χ0v) is 10.5. The van der Waals surface area contributed by atoms with Gasteiger partial charge in [0.25, 0.3) is 0 Å². The molecule has 0 amide bonds. The number of hydrogen-bond acceptors (Lipinski definition) is 4. The summed E-state index contributed by atoms with van der Waals surface area (Å²) in [6.45, 7) is 3.24. The lowest BCUT2D eigenvalue weighted by Crippen LogP contribution is -2.26. The van der Waals surface area contributed by atoms with E-state index in [-0.39, 0.29) is 0 Å². The molecule has 0 aliphatic heterocycles. The average Bonchev–Trinajstić information content (AvgIpc) is 2.93. The van der Waals surface area contributed by atoms with E-state index in [9.17, 15) is 0 Å². The van der Waals surface area contributed by atoms with Crippen LogP contribution in [0.5, 0.6) is 0 Å². The number of nitrogens with zero attached hydrogens (tertiary/aromatic N) is 2. The second-order valence-electron chi connectivity index (χ2n) is 4.51. The lowest BCUT2D eigenvalue weighted by molar-refractivity contribution is 0.498. The highest BCUT2D eigenvalue weighted by atomic mass is 32.1. The normalized spacial score (nSPS) is 17.8. The van der Waals surface area contributed by atoms with E-state index in [1.807, 2.05) is 20.3 Å². The second-order valence-corrected chi connectivity index (χ2v) is 5.60. The van der Waals surface area contributed by atoms with Crippen LogP contribution in [0.1, 0.15) is 24.6 Å². The van der Waals surface area contributed by atoms with Crippen LogP contribution in [0.2, 0.25) is 0 Å². The summed E-state index contributed by atoms with van der Waals surface area (Å²) < 4.78 is 0. The molecule has 1 N–H and O–H groups in total. The Kier molecular flexibility index (Phi) is 3.26. The van der Waals surface area contributed by atoms with Gasteiger partial charge in [-0.1, -0.05) is 0 Å². The maximum Gasteiger partial charge on any atom is 0.185 e. The van der Waals surface area contributed by atoms with Gasteiger partial charge < -0.3 is 10.2 Å². The Bertz CT molecular complexity index is 317. The Hall–Kier alpha value is -0.610. The first kappa shape index (κ1) is 10.9. The number of rotatable bonds is 5. The fourth-order valence-corrected chi connectivity index (χ4v) is 2.39. The molecular weight excluding hydrogens is 206 g/mol. The molecule has 1 heterocycles. The summed E-state index contributed by atoms with van der Waals surface area (Å²) in [5, 5.41) is 4.65. The van der Waals surface area contributed by atoms with Crippen molar-refractivity contribution in [3.8, 4) is 0 Å². The van der Waals surface area contributed by atoms with Crippen LogP contribution in [-0.2, 0) is 6.54 Å². The van der Waals surface area contributed by atoms with Crippen molar-refractivity contribution in [3.63, 3.8) is 0 Å². The van der Waals surface area contributed by atoms with Crippen molar-refractivity contribution in [2.24, 2.45) is 5.92 Å². The molecule has 1 atom stereocenters. The zero-order valence-electron chi connectivity index (χ0n) is 9.66. The molecule has 1 aliphatic rings. The van der Waals surface area contributed by atoms with Crippen LogP contribution in [0.4, 0.5) is 5.13 Å². The van der Waals surface area contributed by atoms with Gasteiger partial charge in [0.2, 0.25) is 0 Å². The Morgan fingerprint density at radius 3 is 2.87 bits per heavy atom. The zero-order chi connectivity index (χ0) is 10.8. The summed E-state index contributed by atoms with van der Waals surface area (Å²) in [6, 6.07) is 0.662. The summed E-state index contributed by atoms with van der Waals surface area (Å²) in [5.41, 5.74) is 0. The predicted octanol–water partition coefficient (Wildman–Crippen LogP) is 2.10. The lowest BCUT2D eigenvalue weighted by atomic mass is 10.2. The average molecular weight is 225 g/mol. The van der Waals surface area contributed by atoms with Gasteiger partial charge in [-0.3, -0.25) is 0 Å². The summed E-state index contributed by atoms with van der Waals surface area (Å²) in [6.07, 6.45) is 4.78. The lowest BCUT2D eigenvalue weighted by Gasteiger charge is -2.11. The van der Waals surface area contributed by atoms with Gasteiger partial charge >= 0.3 is 0 Å². The number of hydrogen-bond donors (Lipinski definition) is 1. The monoisotopic (exact) mass is 225 g/mol. The highest BCUT2D eigenvalue weighted by Crippen LogP contribution is 2.32. The molecule has 0 unspecified atom stereocenters. The second kappa shape index (κ2) is 4.49. The van der Waals surface area contributed by atoms with Gasteiger partial charge in [-0.05, 0) is 25.7 Å². The third kappa shape index (κ3) is 2.92. The van der Waals surface area contributed by atoms with E-state index in [4.69, 9.17) is 0 Å². The van der Waals surface area contributed by atoms with Crippen LogP contribution in [0.15, 0.2) is 6.20 Å². The van der Waals surface area contributed by atoms with E-state index in [0.29, 0.717) is 6.04 Å². The largest absolute Gasteiger partial charge is 0.354 e. The molecule has 0 spiro atoms. The topological polar surface area (TPSA) is 28.2 Å². The molecule has 84 valence electrons. The fourth-order valence-electron chi connectivity index (χ4n) is 1.61. The maximum absolute atomic E-state index is 4.36. The third-order valence-corrected chi connectivity index (χ3v) is 4.02. The summed E-state index contributed by atoms with van der Waals surface area (Å²) in [5.74, 6) is 0.922. The van der Waals surface area contributed by atoms with Crippen LogP contribution >= 0.6 is 11.3 Å².